The molecular formula is C15H17N5OS. The summed E-state index contributed by atoms with van der Waals surface area (Å²) in [4.78, 5) is 23.4. The van der Waals surface area contributed by atoms with Gasteiger partial charge in [-0.2, -0.15) is 5.10 Å². The summed E-state index contributed by atoms with van der Waals surface area (Å²) >= 11 is 1.83. The van der Waals surface area contributed by atoms with Crippen molar-refractivity contribution in [2.45, 2.75) is 25.9 Å². The SMILES string of the molecule is C[C@@H]1c2ccsc2CCN1Cc1nc2c(cnn2C)c(=O)[nH]1. The van der Waals surface area contributed by atoms with Crippen molar-refractivity contribution in [3.63, 3.8) is 0 Å². The number of nitrogens with zero attached hydrogens (tertiary/aromatic N) is 4. The van der Waals surface area contributed by atoms with Crippen LogP contribution in [0.3, 0.4) is 0 Å². The second kappa shape index (κ2) is 5.03. The Bertz CT molecular complexity index is 893. The van der Waals surface area contributed by atoms with Gasteiger partial charge in [-0.1, -0.05) is 0 Å². The van der Waals surface area contributed by atoms with Gasteiger partial charge in [0.05, 0.1) is 12.7 Å². The molecule has 0 unspecified atom stereocenters. The Balaban J connectivity index is 1.67. The molecule has 0 radical (unpaired) electrons. The van der Waals surface area contributed by atoms with Gasteiger partial charge in [0, 0.05) is 24.5 Å². The average Bonchev–Trinajstić information content (AvgIpc) is 3.10. The Kier molecular flexibility index (Phi) is 3.12. The van der Waals surface area contributed by atoms with Crippen LogP contribution >= 0.6 is 11.3 Å². The van der Waals surface area contributed by atoms with Gasteiger partial charge in [-0.25, -0.2) is 4.98 Å². The van der Waals surface area contributed by atoms with Gasteiger partial charge < -0.3 is 4.98 Å². The molecule has 4 heterocycles. The van der Waals surface area contributed by atoms with Crippen LogP contribution in [0, 0.1) is 0 Å². The third kappa shape index (κ3) is 2.08. The number of H-pyrrole nitrogens is 1. The quantitative estimate of drug-likeness (QED) is 0.783. The van der Waals surface area contributed by atoms with Crippen LogP contribution in [0.4, 0.5) is 0 Å². The molecule has 0 fully saturated rings. The number of hydrogen-bond donors (Lipinski definition) is 1. The molecule has 0 bridgehead atoms. The van der Waals surface area contributed by atoms with Crippen molar-refractivity contribution >= 4 is 22.4 Å². The number of aryl methyl sites for hydroxylation is 1. The second-order valence-electron chi connectivity index (χ2n) is 5.71. The van der Waals surface area contributed by atoms with E-state index >= 15 is 0 Å². The van der Waals surface area contributed by atoms with Gasteiger partial charge in [-0.05, 0) is 30.4 Å². The van der Waals surface area contributed by atoms with Crippen molar-refractivity contribution in [3.05, 3.63) is 44.3 Å². The maximum absolute atomic E-state index is 12.1. The summed E-state index contributed by atoms with van der Waals surface area (Å²) in [6, 6.07) is 2.56. The molecule has 3 aromatic heterocycles. The first-order chi connectivity index (χ1) is 10.6. The van der Waals surface area contributed by atoms with E-state index in [1.807, 2.05) is 11.3 Å². The number of hydrogen-bond acceptors (Lipinski definition) is 5. The van der Waals surface area contributed by atoms with Crippen molar-refractivity contribution in [1.82, 2.24) is 24.6 Å². The van der Waals surface area contributed by atoms with Gasteiger partial charge in [0.25, 0.3) is 5.56 Å². The molecular weight excluding hydrogens is 298 g/mol. The molecule has 0 saturated heterocycles. The molecule has 3 aromatic rings. The van der Waals surface area contributed by atoms with Gasteiger partial charge in [-0.3, -0.25) is 14.4 Å². The Morgan fingerprint density at radius 3 is 3.23 bits per heavy atom. The van der Waals surface area contributed by atoms with Crippen LogP contribution in [-0.2, 0) is 20.0 Å². The van der Waals surface area contributed by atoms with Crippen LogP contribution in [0.2, 0.25) is 0 Å². The van der Waals surface area contributed by atoms with Crippen LogP contribution in [-0.4, -0.2) is 31.2 Å². The third-order valence-electron chi connectivity index (χ3n) is 4.41. The third-order valence-corrected chi connectivity index (χ3v) is 5.40. The summed E-state index contributed by atoms with van der Waals surface area (Å²) in [6.45, 7) is 3.85. The van der Waals surface area contributed by atoms with Crippen molar-refractivity contribution in [1.29, 1.82) is 0 Å². The fourth-order valence-corrected chi connectivity index (χ4v) is 4.09. The molecule has 1 aliphatic rings. The lowest BCUT2D eigenvalue weighted by Gasteiger charge is -2.33. The van der Waals surface area contributed by atoms with E-state index in [1.54, 1.807) is 17.9 Å². The van der Waals surface area contributed by atoms with Crippen molar-refractivity contribution in [3.8, 4) is 0 Å². The topological polar surface area (TPSA) is 66.8 Å². The minimum absolute atomic E-state index is 0.117. The number of thiophene rings is 1. The molecule has 4 rings (SSSR count). The normalized spacial score (nSPS) is 18.7. The number of aromatic nitrogens is 4. The zero-order valence-electron chi connectivity index (χ0n) is 12.5. The number of nitrogens with one attached hydrogen (secondary N) is 1. The van der Waals surface area contributed by atoms with Gasteiger partial charge in [0.2, 0.25) is 0 Å². The molecule has 6 nitrogen and oxygen atoms in total. The molecule has 0 amide bonds. The molecule has 114 valence electrons. The molecule has 22 heavy (non-hydrogen) atoms. The largest absolute Gasteiger partial charge is 0.309 e. The van der Waals surface area contributed by atoms with E-state index in [0.717, 1.165) is 13.0 Å². The van der Waals surface area contributed by atoms with E-state index in [4.69, 9.17) is 0 Å². The summed E-state index contributed by atoms with van der Waals surface area (Å²) in [5.41, 5.74) is 1.92. The molecule has 1 N–H and O–H groups in total. The highest BCUT2D eigenvalue weighted by Gasteiger charge is 2.25. The van der Waals surface area contributed by atoms with Crippen molar-refractivity contribution in [2.75, 3.05) is 6.54 Å². The van der Waals surface area contributed by atoms with Crippen LogP contribution < -0.4 is 5.56 Å². The van der Waals surface area contributed by atoms with Crippen molar-refractivity contribution in [2.24, 2.45) is 7.05 Å². The van der Waals surface area contributed by atoms with E-state index in [1.165, 1.54) is 10.4 Å². The van der Waals surface area contributed by atoms with E-state index in [9.17, 15) is 4.79 Å². The van der Waals surface area contributed by atoms with Gasteiger partial charge in [-0.15, -0.1) is 11.3 Å². The van der Waals surface area contributed by atoms with Gasteiger partial charge in [0.1, 0.15) is 11.2 Å². The highest BCUT2D eigenvalue weighted by Crippen LogP contribution is 2.33. The number of fused-ring (bicyclic) bond motifs is 2. The minimum atomic E-state index is -0.117. The highest BCUT2D eigenvalue weighted by atomic mass is 32.1. The molecule has 7 heteroatoms. The predicted octanol–water partition coefficient (Wildman–Crippen LogP) is 1.84. The summed E-state index contributed by atoms with van der Waals surface area (Å²) in [5.74, 6) is 0.701. The van der Waals surface area contributed by atoms with E-state index in [2.05, 4.69) is 38.3 Å². The first-order valence-corrected chi connectivity index (χ1v) is 8.22. The monoisotopic (exact) mass is 315 g/mol. The van der Waals surface area contributed by atoms with Crippen LogP contribution in [0.5, 0.6) is 0 Å². The molecule has 0 saturated carbocycles. The van der Waals surface area contributed by atoms with Crippen molar-refractivity contribution < 1.29 is 0 Å². The fourth-order valence-electron chi connectivity index (χ4n) is 3.12. The zero-order valence-corrected chi connectivity index (χ0v) is 13.4. The van der Waals surface area contributed by atoms with Crippen LogP contribution in [0.15, 0.2) is 22.4 Å². The Hall–Kier alpha value is -1.99. The molecule has 1 atom stereocenters. The van der Waals surface area contributed by atoms with Gasteiger partial charge >= 0.3 is 0 Å². The van der Waals surface area contributed by atoms with Gasteiger partial charge in [0.15, 0.2) is 5.65 Å². The molecule has 0 aromatic carbocycles. The fraction of sp³-hybridized carbons (Fsp3) is 0.400. The molecule has 1 aliphatic heterocycles. The smallest absolute Gasteiger partial charge is 0.262 e. The summed E-state index contributed by atoms with van der Waals surface area (Å²) < 4.78 is 1.64. The lowest BCUT2D eigenvalue weighted by atomic mass is 10.0. The van der Waals surface area contributed by atoms with E-state index in [-0.39, 0.29) is 5.56 Å². The number of rotatable bonds is 2. The van der Waals surface area contributed by atoms with Crippen LogP contribution in [0.1, 0.15) is 29.2 Å². The summed E-state index contributed by atoms with van der Waals surface area (Å²) in [6.07, 6.45) is 2.63. The second-order valence-corrected chi connectivity index (χ2v) is 6.71. The standard InChI is InChI=1S/C15H17N5OS/c1-9-10-4-6-22-12(10)3-5-20(9)8-13-17-14-11(15(21)18-13)7-16-19(14)2/h4,6-7,9H,3,5,8H2,1-2H3,(H,17,18,21)/t9-/m1/s1. The average molecular weight is 315 g/mol. The molecule has 0 aliphatic carbocycles. The molecule has 0 spiro atoms. The lowest BCUT2D eigenvalue weighted by Crippen LogP contribution is -2.33. The summed E-state index contributed by atoms with van der Waals surface area (Å²) in [7, 11) is 1.81. The number of aromatic amines is 1. The van der Waals surface area contributed by atoms with E-state index < -0.39 is 0 Å². The predicted molar refractivity (Wildman–Crippen MR) is 86.0 cm³/mol. The first-order valence-electron chi connectivity index (χ1n) is 7.34. The Labute approximate surface area is 131 Å². The Morgan fingerprint density at radius 2 is 2.36 bits per heavy atom. The maximum atomic E-state index is 12.1. The first kappa shape index (κ1) is 13.7. The lowest BCUT2D eigenvalue weighted by molar-refractivity contribution is 0.186. The minimum Gasteiger partial charge on any atom is -0.309 e. The maximum Gasteiger partial charge on any atom is 0.262 e. The zero-order chi connectivity index (χ0) is 15.3. The van der Waals surface area contributed by atoms with Crippen LogP contribution in [0.25, 0.3) is 11.0 Å². The highest BCUT2D eigenvalue weighted by molar-refractivity contribution is 7.10. The van der Waals surface area contributed by atoms with E-state index in [0.29, 0.717) is 29.4 Å². The summed E-state index contributed by atoms with van der Waals surface area (Å²) in [5, 5.41) is 6.80. The Morgan fingerprint density at radius 1 is 1.50 bits per heavy atom.